The molecule has 0 atom stereocenters. The van der Waals surface area contributed by atoms with E-state index < -0.39 is 0 Å². The van der Waals surface area contributed by atoms with Crippen LogP contribution < -0.4 is 5.32 Å². The first-order valence-corrected chi connectivity index (χ1v) is 9.08. The number of carbonyl (C=O) groups excluding carboxylic acids is 1. The molecule has 3 rings (SSSR count). The molecular weight excluding hydrogens is 383 g/mol. The Morgan fingerprint density at radius 1 is 1.20 bits per heavy atom. The lowest BCUT2D eigenvalue weighted by atomic mass is 10.1. The van der Waals surface area contributed by atoms with Crippen LogP contribution in [0.1, 0.15) is 17.5 Å². The zero-order valence-corrected chi connectivity index (χ0v) is 15.4. The van der Waals surface area contributed by atoms with Crippen molar-refractivity contribution in [2.45, 2.75) is 19.5 Å². The van der Waals surface area contributed by atoms with Crippen molar-refractivity contribution in [2.24, 2.45) is 0 Å². The molecule has 0 aromatic heterocycles. The standard InChI is InChI=1S/C20H20BrFN2O/c21-19-7-2-1-5-17(19)13-23-20(25)16-8-10-24(11-9-16)14-15-4-3-6-18(22)12-15/h1-8,12H,9-11,13-14H2,(H,23,25). The summed E-state index contributed by atoms with van der Waals surface area (Å²) in [5.74, 6) is -0.224. The van der Waals surface area contributed by atoms with Gasteiger partial charge in [0, 0.05) is 36.2 Å². The summed E-state index contributed by atoms with van der Waals surface area (Å²) in [6.45, 7) is 2.70. The van der Waals surface area contributed by atoms with Gasteiger partial charge in [0.15, 0.2) is 0 Å². The Morgan fingerprint density at radius 2 is 2.04 bits per heavy atom. The highest BCUT2D eigenvalue weighted by Crippen LogP contribution is 2.17. The van der Waals surface area contributed by atoms with Crippen LogP contribution >= 0.6 is 15.9 Å². The molecule has 0 radical (unpaired) electrons. The minimum atomic E-state index is -0.211. The van der Waals surface area contributed by atoms with Gasteiger partial charge in [-0.3, -0.25) is 9.69 Å². The predicted molar refractivity (Wildman–Crippen MR) is 100 cm³/mol. The lowest BCUT2D eigenvalue weighted by molar-refractivity contribution is -0.117. The first-order chi connectivity index (χ1) is 12.1. The molecule has 2 aromatic rings. The molecule has 1 N–H and O–H groups in total. The molecule has 0 spiro atoms. The van der Waals surface area contributed by atoms with Gasteiger partial charge in [0.1, 0.15) is 5.82 Å². The fourth-order valence-electron chi connectivity index (χ4n) is 2.89. The van der Waals surface area contributed by atoms with Crippen molar-refractivity contribution >= 4 is 21.8 Å². The Bertz CT molecular complexity index is 791. The second-order valence-corrected chi connectivity index (χ2v) is 6.97. The van der Waals surface area contributed by atoms with E-state index in [0.717, 1.165) is 27.7 Å². The number of halogens is 2. The molecule has 25 heavy (non-hydrogen) atoms. The number of amides is 1. The Hall–Kier alpha value is -1.98. The second kappa shape index (κ2) is 8.41. The quantitative estimate of drug-likeness (QED) is 0.818. The van der Waals surface area contributed by atoms with Crippen LogP contribution in [-0.4, -0.2) is 23.9 Å². The van der Waals surface area contributed by atoms with Gasteiger partial charge in [0.2, 0.25) is 5.91 Å². The minimum Gasteiger partial charge on any atom is -0.348 e. The molecule has 130 valence electrons. The zero-order valence-electron chi connectivity index (χ0n) is 13.8. The molecular formula is C20H20BrFN2O. The lowest BCUT2D eigenvalue weighted by Crippen LogP contribution is -2.33. The first kappa shape index (κ1) is 17.8. The third kappa shape index (κ3) is 5.00. The molecule has 0 saturated heterocycles. The molecule has 0 aliphatic carbocycles. The van der Waals surface area contributed by atoms with E-state index in [1.165, 1.54) is 6.07 Å². The highest BCUT2D eigenvalue weighted by Gasteiger charge is 2.17. The number of nitrogens with zero attached hydrogens (tertiary/aromatic N) is 1. The van der Waals surface area contributed by atoms with Crippen LogP contribution in [0.5, 0.6) is 0 Å². The lowest BCUT2D eigenvalue weighted by Gasteiger charge is -2.26. The summed E-state index contributed by atoms with van der Waals surface area (Å²) in [4.78, 5) is 14.5. The summed E-state index contributed by atoms with van der Waals surface area (Å²) in [5.41, 5.74) is 2.83. The van der Waals surface area contributed by atoms with Gasteiger partial charge in [-0.05, 0) is 35.7 Å². The number of rotatable bonds is 5. The average molecular weight is 403 g/mol. The smallest absolute Gasteiger partial charge is 0.247 e. The SMILES string of the molecule is O=C(NCc1ccccc1Br)C1=CCN(Cc2cccc(F)c2)CC1. The largest absolute Gasteiger partial charge is 0.348 e. The maximum absolute atomic E-state index is 13.3. The number of hydrogen-bond donors (Lipinski definition) is 1. The second-order valence-electron chi connectivity index (χ2n) is 6.12. The van der Waals surface area contributed by atoms with E-state index in [0.29, 0.717) is 26.1 Å². The molecule has 5 heteroatoms. The van der Waals surface area contributed by atoms with Crippen molar-refractivity contribution in [1.29, 1.82) is 0 Å². The van der Waals surface area contributed by atoms with Gasteiger partial charge >= 0.3 is 0 Å². The van der Waals surface area contributed by atoms with Gasteiger partial charge in [-0.1, -0.05) is 52.3 Å². The molecule has 0 saturated carbocycles. The molecule has 1 amide bonds. The zero-order chi connectivity index (χ0) is 17.6. The van der Waals surface area contributed by atoms with Crippen LogP contribution in [0.3, 0.4) is 0 Å². The van der Waals surface area contributed by atoms with Crippen LogP contribution in [0.25, 0.3) is 0 Å². The summed E-state index contributed by atoms with van der Waals surface area (Å²) in [7, 11) is 0. The first-order valence-electron chi connectivity index (χ1n) is 8.29. The van der Waals surface area contributed by atoms with Crippen LogP contribution in [0.15, 0.2) is 64.7 Å². The number of hydrogen-bond acceptors (Lipinski definition) is 2. The summed E-state index contributed by atoms with van der Waals surface area (Å²) >= 11 is 3.49. The van der Waals surface area contributed by atoms with Crippen LogP contribution in [-0.2, 0) is 17.9 Å². The van der Waals surface area contributed by atoms with E-state index >= 15 is 0 Å². The topological polar surface area (TPSA) is 32.3 Å². The van der Waals surface area contributed by atoms with Crippen LogP contribution in [0.4, 0.5) is 4.39 Å². The molecule has 1 aliphatic rings. The number of benzene rings is 2. The molecule has 1 heterocycles. The fourth-order valence-corrected chi connectivity index (χ4v) is 3.31. The average Bonchev–Trinajstić information content (AvgIpc) is 2.61. The highest BCUT2D eigenvalue weighted by molar-refractivity contribution is 9.10. The normalized spacial score (nSPS) is 14.9. The number of carbonyl (C=O) groups is 1. The van der Waals surface area contributed by atoms with Crippen molar-refractivity contribution in [1.82, 2.24) is 10.2 Å². The molecule has 0 fully saturated rings. The molecule has 3 nitrogen and oxygen atoms in total. The van der Waals surface area contributed by atoms with E-state index in [2.05, 4.69) is 26.1 Å². The summed E-state index contributed by atoms with van der Waals surface area (Å²) in [5, 5.41) is 2.98. The van der Waals surface area contributed by atoms with Crippen LogP contribution in [0, 0.1) is 5.82 Å². The van der Waals surface area contributed by atoms with Gasteiger partial charge in [0.05, 0.1) is 0 Å². The maximum Gasteiger partial charge on any atom is 0.247 e. The monoisotopic (exact) mass is 402 g/mol. The Kier molecular flexibility index (Phi) is 6.00. The third-order valence-electron chi connectivity index (χ3n) is 4.28. The van der Waals surface area contributed by atoms with Crippen LogP contribution in [0.2, 0.25) is 0 Å². The van der Waals surface area contributed by atoms with E-state index in [-0.39, 0.29) is 11.7 Å². The number of nitrogens with one attached hydrogen (secondary N) is 1. The Balaban J connectivity index is 1.52. The molecule has 2 aromatic carbocycles. The van der Waals surface area contributed by atoms with Crippen molar-refractivity contribution in [3.63, 3.8) is 0 Å². The van der Waals surface area contributed by atoms with Gasteiger partial charge < -0.3 is 5.32 Å². The van der Waals surface area contributed by atoms with E-state index in [1.54, 1.807) is 12.1 Å². The molecule has 0 bridgehead atoms. The van der Waals surface area contributed by atoms with Gasteiger partial charge in [-0.25, -0.2) is 4.39 Å². The van der Waals surface area contributed by atoms with Crippen molar-refractivity contribution in [2.75, 3.05) is 13.1 Å². The summed E-state index contributed by atoms with van der Waals surface area (Å²) in [6, 6.07) is 14.5. The fraction of sp³-hybridized carbons (Fsp3) is 0.250. The Labute approximate surface area is 155 Å². The summed E-state index contributed by atoms with van der Waals surface area (Å²) in [6.07, 6.45) is 2.68. The minimum absolute atomic E-state index is 0.0128. The van der Waals surface area contributed by atoms with Gasteiger partial charge in [0.25, 0.3) is 0 Å². The highest BCUT2D eigenvalue weighted by atomic mass is 79.9. The summed E-state index contributed by atoms with van der Waals surface area (Å²) < 4.78 is 14.3. The van der Waals surface area contributed by atoms with Gasteiger partial charge in [-0.2, -0.15) is 0 Å². The van der Waals surface area contributed by atoms with E-state index in [4.69, 9.17) is 0 Å². The van der Waals surface area contributed by atoms with E-state index in [9.17, 15) is 9.18 Å². The maximum atomic E-state index is 13.3. The van der Waals surface area contributed by atoms with Crippen molar-refractivity contribution in [3.8, 4) is 0 Å². The van der Waals surface area contributed by atoms with Crippen molar-refractivity contribution < 1.29 is 9.18 Å². The third-order valence-corrected chi connectivity index (χ3v) is 5.05. The van der Waals surface area contributed by atoms with Crippen molar-refractivity contribution in [3.05, 3.63) is 81.6 Å². The predicted octanol–water partition coefficient (Wildman–Crippen LogP) is 4.04. The molecule has 0 unspecified atom stereocenters. The molecule has 1 aliphatic heterocycles. The van der Waals surface area contributed by atoms with E-state index in [1.807, 2.05) is 36.4 Å². The Morgan fingerprint density at radius 3 is 2.76 bits per heavy atom. The van der Waals surface area contributed by atoms with Gasteiger partial charge in [-0.15, -0.1) is 0 Å².